The molecule has 0 saturated carbocycles. The van der Waals surface area contributed by atoms with Crippen molar-refractivity contribution in [1.82, 2.24) is 0 Å². The van der Waals surface area contributed by atoms with Gasteiger partial charge in [0, 0.05) is 30.1 Å². The summed E-state index contributed by atoms with van der Waals surface area (Å²) in [4.78, 5) is 26.3. The van der Waals surface area contributed by atoms with Crippen LogP contribution in [0.3, 0.4) is 0 Å². The van der Waals surface area contributed by atoms with Gasteiger partial charge in [-0.3, -0.25) is 4.79 Å². The Labute approximate surface area is 223 Å². The predicted molar refractivity (Wildman–Crippen MR) is 137 cm³/mol. The number of anilines is 2. The fourth-order valence-electron chi connectivity index (χ4n) is 5.45. The number of para-hydroxylation sites is 2. The van der Waals surface area contributed by atoms with Gasteiger partial charge in [-0.15, -0.1) is 0 Å². The van der Waals surface area contributed by atoms with Gasteiger partial charge < -0.3 is 36.8 Å². The number of halogens is 1. The maximum Gasteiger partial charge on any atom is 0.333 e. The Bertz CT molecular complexity index is 1140. The standard InChI is InChI=1S/C29H31N3O3.BrH/c33-27(30-24-12-6-2-7-13-24)21-32-18-16-22(17-19-32)26(20-32)35-29(34)28(23-10-4-1-5-11-23)31-25-14-8-3-9-15-25;/h1-15,22,26,28,31H,16-21H2;1H/t22?,26-,28?,32?;/m0./s1. The van der Waals surface area contributed by atoms with E-state index < -0.39 is 6.04 Å². The number of quaternary nitrogens is 1. The summed E-state index contributed by atoms with van der Waals surface area (Å²) in [6.07, 6.45) is 1.76. The number of hydrogen-bond acceptors (Lipinski definition) is 4. The average molecular weight is 550 g/mol. The van der Waals surface area contributed by atoms with Crippen molar-refractivity contribution in [2.45, 2.75) is 25.0 Å². The van der Waals surface area contributed by atoms with Crippen molar-refractivity contribution >= 4 is 23.3 Å². The lowest BCUT2D eigenvalue weighted by Crippen LogP contribution is -3.00. The third-order valence-electron chi connectivity index (χ3n) is 7.30. The first-order chi connectivity index (χ1) is 17.1. The minimum Gasteiger partial charge on any atom is -1.00 e. The lowest BCUT2D eigenvalue weighted by atomic mass is 9.83. The smallest absolute Gasteiger partial charge is 0.333 e. The molecule has 2 atom stereocenters. The zero-order valence-corrected chi connectivity index (χ0v) is 21.8. The summed E-state index contributed by atoms with van der Waals surface area (Å²) in [6.45, 7) is 2.99. The van der Waals surface area contributed by atoms with Crippen LogP contribution in [-0.2, 0) is 14.3 Å². The number of carbonyl (C=O) groups is 2. The molecule has 3 aromatic carbocycles. The molecule has 0 aliphatic carbocycles. The molecule has 0 aromatic heterocycles. The highest BCUT2D eigenvalue weighted by Gasteiger charge is 2.49. The molecule has 2 N–H and O–H groups in total. The Balaban J connectivity index is 0.00000304. The van der Waals surface area contributed by atoms with Crippen LogP contribution in [0.15, 0.2) is 91.0 Å². The van der Waals surface area contributed by atoms with E-state index in [1.54, 1.807) is 0 Å². The van der Waals surface area contributed by atoms with Gasteiger partial charge in [0.2, 0.25) is 0 Å². The third-order valence-corrected chi connectivity index (χ3v) is 7.30. The molecular formula is C29H32BrN3O3. The Morgan fingerprint density at radius 3 is 2.00 bits per heavy atom. The topological polar surface area (TPSA) is 67.4 Å². The zero-order chi connectivity index (χ0) is 24.1. The molecule has 7 heteroatoms. The molecule has 1 unspecified atom stereocenters. The minimum absolute atomic E-state index is 0. The summed E-state index contributed by atoms with van der Waals surface area (Å²) in [6, 6.07) is 28.4. The van der Waals surface area contributed by atoms with Gasteiger partial charge in [-0.1, -0.05) is 66.7 Å². The van der Waals surface area contributed by atoms with Crippen molar-refractivity contribution < 1.29 is 35.8 Å². The fourth-order valence-corrected chi connectivity index (χ4v) is 5.45. The molecular weight excluding hydrogens is 518 g/mol. The minimum atomic E-state index is -0.594. The molecule has 3 saturated heterocycles. The number of nitrogens with one attached hydrogen (secondary N) is 2. The lowest BCUT2D eigenvalue weighted by molar-refractivity contribution is -0.938. The van der Waals surface area contributed by atoms with E-state index in [0.29, 0.717) is 23.5 Å². The van der Waals surface area contributed by atoms with Crippen LogP contribution in [0.4, 0.5) is 11.4 Å². The number of esters is 1. The summed E-state index contributed by atoms with van der Waals surface area (Å²) in [5.74, 6) is 0.0875. The van der Waals surface area contributed by atoms with Crippen LogP contribution in [-0.4, -0.2) is 48.6 Å². The Morgan fingerprint density at radius 2 is 1.39 bits per heavy atom. The van der Waals surface area contributed by atoms with Crippen molar-refractivity contribution in [1.29, 1.82) is 0 Å². The normalized spacial score (nSPS) is 23.1. The highest BCUT2D eigenvalue weighted by atomic mass is 79.9. The Kier molecular flexibility index (Phi) is 8.44. The Hall–Kier alpha value is -3.16. The van der Waals surface area contributed by atoms with Gasteiger partial charge in [0.25, 0.3) is 5.91 Å². The third kappa shape index (κ3) is 6.15. The maximum atomic E-state index is 13.5. The molecule has 2 bridgehead atoms. The molecule has 0 radical (unpaired) electrons. The largest absolute Gasteiger partial charge is 1.00 e. The SMILES string of the molecule is O=C(C[N+]12CCC(CC1)[C@@H](OC(=O)C(Nc1ccccc1)c1ccccc1)C2)Nc1ccccc1.[Br-]. The van der Waals surface area contributed by atoms with E-state index in [1.807, 2.05) is 91.0 Å². The molecule has 3 aromatic rings. The highest BCUT2D eigenvalue weighted by Crippen LogP contribution is 2.36. The van der Waals surface area contributed by atoms with E-state index in [-0.39, 0.29) is 35.0 Å². The monoisotopic (exact) mass is 549 g/mol. The molecule has 3 fully saturated rings. The van der Waals surface area contributed by atoms with Gasteiger partial charge in [0.15, 0.2) is 18.7 Å². The zero-order valence-electron chi connectivity index (χ0n) is 20.2. The fraction of sp³-hybridized carbons (Fsp3) is 0.310. The molecule has 3 aliphatic rings. The second kappa shape index (κ2) is 11.7. The summed E-state index contributed by atoms with van der Waals surface area (Å²) < 4.78 is 6.87. The van der Waals surface area contributed by atoms with E-state index in [1.165, 1.54) is 0 Å². The first-order valence-electron chi connectivity index (χ1n) is 12.4. The molecule has 6 nitrogen and oxygen atoms in total. The van der Waals surface area contributed by atoms with Crippen LogP contribution in [0.5, 0.6) is 0 Å². The summed E-state index contributed by atoms with van der Waals surface area (Å²) in [5.41, 5.74) is 2.55. The van der Waals surface area contributed by atoms with Gasteiger partial charge in [-0.05, 0) is 29.8 Å². The van der Waals surface area contributed by atoms with Crippen molar-refractivity contribution in [3.8, 4) is 0 Å². The predicted octanol–water partition coefficient (Wildman–Crippen LogP) is 1.63. The second-order valence-electron chi connectivity index (χ2n) is 9.71. The summed E-state index contributed by atoms with van der Waals surface area (Å²) >= 11 is 0. The van der Waals surface area contributed by atoms with Gasteiger partial charge >= 0.3 is 5.97 Å². The number of rotatable bonds is 8. The number of carbonyl (C=O) groups excluding carboxylic acids is 2. The van der Waals surface area contributed by atoms with Crippen molar-refractivity contribution in [3.63, 3.8) is 0 Å². The van der Waals surface area contributed by atoms with Gasteiger partial charge in [-0.2, -0.15) is 0 Å². The molecule has 188 valence electrons. The summed E-state index contributed by atoms with van der Waals surface area (Å²) in [7, 11) is 0. The van der Waals surface area contributed by atoms with E-state index in [2.05, 4.69) is 10.6 Å². The molecule has 3 aliphatic heterocycles. The van der Waals surface area contributed by atoms with Crippen LogP contribution >= 0.6 is 0 Å². The van der Waals surface area contributed by atoms with Crippen LogP contribution in [0.2, 0.25) is 0 Å². The maximum absolute atomic E-state index is 13.5. The van der Waals surface area contributed by atoms with Gasteiger partial charge in [0.05, 0.1) is 13.1 Å². The quantitative estimate of drug-likeness (QED) is 0.331. The molecule has 1 amide bonds. The molecule has 6 rings (SSSR count). The summed E-state index contributed by atoms with van der Waals surface area (Å²) in [5, 5.41) is 6.37. The number of piperidine rings is 3. The first kappa shape index (κ1) is 25.9. The Morgan fingerprint density at radius 1 is 0.833 bits per heavy atom. The second-order valence-corrected chi connectivity index (χ2v) is 9.71. The number of amides is 1. The highest BCUT2D eigenvalue weighted by molar-refractivity contribution is 5.91. The van der Waals surface area contributed by atoms with Crippen molar-refractivity contribution in [3.05, 3.63) is 96.6 Å². The first-order valence-corrected chi connectivity index (χ1v) is 12.4. The van der Waals surface area contributed by atoms with Gasteiger partial charge in [-0.25, -0.2) is 4.79 Å². The number of hydrogen-bond donors (Lipinski definition) is 2. The molecule has 0 spiro atoms. The van der Waals surface area contributed by atoms with Crippen molar-refractivity contribution in [2.75, 3.05) is 36.8 Å². The van der Waals surface area contributed by atoms with Crippen LogP contribution < -0.4 is 27.6 Å². The average Bonchev–Trinajstić information content (AvgIpc) is 2.89. The molecule has 3 heterocycles. The van der Waals surface area contributed by atoms with Gasteiger partial charge in [0.1, 0.15) is 6.54 Å². The van der Waals surface area contributed by atoms with Crippen molar-refractivity contribution in [2.24, 2.45) is 5.92 Å². The van der Waals surface area contributed by atoms with Crippen LogP contribution in [0, 0.1) is 5.92 Å². The van der Waals surface area contributed by atoms with E-state index in [0.717, 1.165) is 42.9 Å². The van der Waals surface area contributed by atoms with Crippen LogP contribution in [0.1, 0.15) is 24.4 Å². The molecule has 36 heavy (non-hydrogen) atoms. The number of nitrogens with zero attached hydrogens (tertiary/aromatic N) is 1. The number of ether oxygens (including phenoxy) is 1. The van der Waals surface area contributed by atoms with Crippen LogP contribution in [0.25, 0.3) is 0 Å². The van der Waals surface area contributed by atoms with E-state index >= 15 is 0 Å². The van der Waals surface area contributed by atoms with E-state index in [4.69, 9.17) is 4.74 Å². The van der Waals surface area contributed by atoms with E-state index in [9.17, 15) is 9.59 Å². The lowest BCUT2D eigenvalue weighted by Gasteiger charge is -2.51. The number of fused-ring (bicyclic) bond motifs is 3. The number of benzene rings is 3.